The van der Waals surface area contributed by atoms with E-state index in [0.29, 0.717) is 22.8 Å². The van der Waals surface area contributed by atoms with Crippen LogP contribution in [0.1, 0.15) is 38.4 Å². The maximum absolute atomic E-state index is 12.6. The van der Waals surface area contributed by atoms with Crippen LogP contribution in [0.3, 0.4) is 0 Å². The van der Waals surface area contributed by atoms with Crippen LogP contribution in [0, 0.1) is 0 Å². The molecule has 1 aromatic carbocycles. The Morgan fingerprint density at radius 1 is 1.18 bits per heavy atom. The first-order valence-electron chi connectivity index (χ1n) is 10.6. The molecule has 168 valence electrons. The van der Waals surface area contributed by atoms with Gasteiger partial charge in [0.15, 0.2) is 11.4 Å². The highest BCUT2D eigenvalue weighted by Gasteiger charge is 2.29. The zero-order chi connectivity index (χ0) is 23.3. The lowest BCUT2D eigenvalue weighted by atomic mass is 10.1. The summed E-state index contributed by atoms with van der Waals surface area (Å²) in [7, 11) is 0. The number of carbonyl (C=O) groups excluding carboxylic acids is 3. The molecule has 33 heavy (non-hydrogen) atoms. The van der Waals surface area contributed by atoms with Crippen molar-refractivity contribution in [3.63, 3.8) is 0 Å². The molecule has 0 N–H and O–H groups in total. The third-order valence-corrected chi connectivity index (χ3v) is 6.29. The molecule has 1 fully saturated rings. The minimum absolute atomic E-state index is 0.0634. The number of ether oxygens (including phenoxy) is 1. The van der Waals surface area contributed by atoms with Gasteiger partial charge in [-0.05, 0) is 80.9 Å². The van der Waals surface area contributed by atoms with Crippen molar-refractivity contribution >= 4 is 51.7 Å². The highest BCUT2D eigenvalue weighted by Crippen LogP contribution is 2.33. The van der Waals surface area contributed by atoms with E-state index in [4.69, 9.17) is 4.74 Å². The Morgan fingerprint density at radius 3 is 2.73 bits per heavy atom. The summed E-state index contributed by atoms with van der Waals surface area (Å²) in [6.45, 7) is 6.13. The predicted octanol–water partition coefficient (Wildman–Crippen LogP) is 4.29. The van der Waals surface area contributed by atoms with Crippen molar-refractivity contribution in [2.45, 2.75) is 39.2 Å². The predicted molar refractivity (Wildman–Crippen MR) is 126 cm³/mol. The lowest BCUT2D eigenvalue weighted by molar-refractivity contribution is -0.119. The largest absolute Gasteiger partial charge is 0.443 e. The highest BCUT2D eigenvalue weighted by atomic mass is 32.2. The summed E-state index contributed by atoms with van der Waals surface area (Å²) in [5.41, 5.74) is 4.17. The minimum atomic E-state index is -0.552. The van der Waals surface area contributed by atoms with E-state index in [2.05, 4.69) is 9.97 Å². The van der Waals surface area contributed by atoms with Gasteiger partial charge in [-0.25, -0.2) is 14.8 Å². The van der Waals surface area contributed by atoms with Crippen molar-refractivity contribution in [2.75, 3.05) is 11.4 Å². The van der Waals surface area contributed by atoms with Crippen LogP contribution in [-0.2, 0) is 20.7 Å². The number of pyridine rings is 1. The van der Waals surface area contributed by atoms with Gasteiger partial charge in [0, 0.05) is 12.2 Å². The van der Waals surface area contributed by atoms with Crippen molar-refractivity contribution in [3.05, 3.63) is 52.8 Å². The Kier molecular flexibility index (Phi) is 5.08. The summed E-state index contributed by atoms with van der Waals surface area (Å²) >= 11 is 0.964. The average molecular weight is 463 g/mol. The second kappa shape index (κ2) is 7.84. The molecule has 0 unspecified atom stereocenters. The van der Waals surface area contributed by atoms with Crippen LogP contribution < -0.4 is 4.90 Å². The fourth-order valence-corrected chi connectivity index (χ4v) is 4.71. The smallest absolute Gasteiger partial charge is 0.414 e. The molecule has 1 saturated heterocycles. The normalized spacial score (nSPS) is 17.3. The van der Waals surface area contributed by atoms with E-state index in [1.807, 2.05) is 49.6 Å². The van der Waals surface area contributed by atoms with E-state index in [1.54, 1.807) is 23.4 Å². The zero-order valence-corrected chi connectivity index (χ0v) is 19.3. The maximum atomic E-state index is 12.6. The van der Waals surface area contributed by atoms with E-state index in [0.717, 1.165) is 40.6 Å². The number of nitrogens with zero attached hydrogens (tertiary/aromatic N) is 4. The number of allylic oxidation sites excluding steroid dienone is 1. The number of Topliss-reactive ketones (excluding diaryl/α,β-unsaturated/α-hetero) is 1. The first-order valence-corrected chi connectivity index (χ1v) is 11.4. The number of amides is 1. The monoisotopic (exact) mass is 462 g/mol. The topological polar surface area (TPSA) is 94.4 Å². The van der Waals surface area contributed by atoms with Gasteiger partial charge in [-0.1, -0.05) is 0 Å². The summed E-state index contributed by atoms with van der Waals surface area (Å²) in [6.07, 6.45) is 3.67. The summed E-state index contributed by atoms with van der Waals surface area (Å²) < 4.78 is 7.41. The summed E-state index contributed by atoms with van der Waals surface area (Å²) in [6, 6.07) is 9.49. The molecule has 2 aliphatic rings. The van der Waals surface area contributed by atoms with Crippen molar-refractivity contribution < 1.29 is 19.1 Å². The summed E-state index contributed by atoms with van der Waals surface area (Å²) in [5, 5.41) is -0.143. The lowest BCUT2D eigenvalue weighted by Gasteiger charge is -2.24. The molecule has 0 radical (unpaired) electrons. The fourth-order valence-electron chi connectivity index (χ4n) is 3.90. The van der Waals surface area contributed by atoms with Crippen LogP contribution in [0.5, 0.6) is 0 Å². The highest BCUT2D eigenvalue weighted by molar-refractivity contribution is 8.18. The van der Waals surface area contributed by atoms with Gasteiger partial charge in [-0.2, -0.15) is 0 Å². The lowest BCUT2D eigenvalue weighted by Crippen LogP contribution is -2.35. The number of anilines is 1. The average Bonchev–Trinajstić information content (AvgIpc) is 3.42. The third-order valence-electron chi connectivity index (χ3n) is 5.35. The van der Waals surface area contributed by atoms with Crippen LogP contribution in [0.2, 0.25) is 0 Å². The number of thioether (sulfide) groups is 1. The number of aromatic nitrogens is 3. The van der Waals surface area contributed by atoms with Crippen LogP contribution in [-0.4, -0.2) is 43.7 Å². The first-order chi connectivity index (χ1) is 15.7. The molecule has 9 heteroatoms. The number of hydrogen-bond donors (Lipinski definition) is 0. The molecular formula is C24H22N4O4S. The number of benzene rings is 1. The maximum Gasteiger partial charge on any atom is 0.414 e. The van der Waals surface area contributed by atoms with Crippen LogP contribution in [0.25, 0.3) is 22.9 Å². The molecule has 0 saturated carbocycles. The number of hydrogen-bond acceptors (Lipinski definition) is 7. The van der Waals surface area contributed by atoms with Crippen molar-refractivity contribution in [1.29, 1.82) is 0 Å². The van der Waals surface area contributed by atoms with E-state index in [9.17, 15) is 14.4 Å². The number of ketones is 1. The molecule has 5 rings (SSSR count). The summed E-state index contributed by atoms with van der Waals surface area (Å²) in [4.78, 5) is 47.2. The SMILES string of the molecule is CC(C)(C)OC(=O)N1CCc2cc(-n3cnc4ccc(/C=C5\SC(=O)CC5=O)nc43)ccc21. The second-order valence-electron chi connectivity index (χ2n) is 8.97. The number of rotatable bonds is 2. The van der Waals surface area contributed by atoms with E-state index >= 15 is 0 Å². The standard InChI is InChI=1S/C24H22N4O4S/c1-24(2,3)32-23(31)27-9-8-14-10-16(5-7-18(14)27)28-13-25-17-6-4-15(26-22(17)28)11-20-19(29)12-21(30)33-20/h4-7,10-11,13H,8-9,12H2,1-3H3/b20-11-. The van der Waals surface area contributed by atoms with Gasteiger partial charge in [0.1, 0.15) is 17.4 Å². The van der Waals surface area contributed by atoms with Gasteiger partial charge in [0.05, 0.1) is 22.7 Å². The molecule has 0 spiro atoms. The third kappa shape index (κ3) is 4.16. The van der Waals surface area contributed by atoms with Crippen molar-refractivity contribution in [3.8, 4) is 5.69 Å². The molecule has 0 aliphatic carbocycles. The van der Waals surface area contributed by atoms with Crippen LogP contribution >= 0.6 is 11.8 Å². The number of fused-ring (bicyclic) bond motifs is 2. The zero-order valence-electron chi connectivity index (χ0n) is 18.5. The van der Waals surface area contributed by atoms with Crippen LogP contribution in [0.4, 0.5) is 10.5 Å². The molecule has 1 amide bonds. The molecule has 2 aliphatic heterocycles. The molecule has 8 nitrogen and oxygen atoms in total. The summed E-state index contributed by atoms with van der Waals surface area (Å²) in [5.74, 6) is -0.173. The molecule has 0 atom stereocenters. The first kappa shape index (κ1) is 21.4. The molecule has 2 aromatic heterocycles. The van der Waals surface area contributed by atoms with Gasteiger partial charge < -0.3 is 4.74 Å². The fraction of sp³-hybridized carbons (Fsp3) is 0.292. The van der Waals surface area contributed by atoms with Crippen molar-refractivity contribution in [1.82, 2.24) is 14.5 Å². The van der Waals surface area contributed by atoms with E-state index < -0.39 is 5.60 Å². The Morgan fingerprint density at radius 2 is 2.00 bits per heavy atom. The Hall–Kier alpha value is -3.46. The number of carbonyl (C=O) groups is 3. The molecule has 4 heterocycles. The van der Waals surface area contributed by atoms with Gasteiger partial charge >= 0.3 is 6.09 Å². The van der Waals surface area contributed by atoms with Crippen molar-refractivity contribution in [2.24, 2.45) is 0 Å². The van der Waals surface area contributed by atoms with E-state index in [-0.39, 0.29) is 23.4 Å². The Balaban J connectivity index is 1.47. The quantitative estimate of drug-likeness (QED) is 0.414. The minimum Gasteiger partial charge on any atom is -0.443 e. The van der Waals surface area contributed by atoms with E-state index in [1.165, 1.54) is 0 Å². The van der Waals surface area contributed by atoms with Gasteiger partial charge in [-0.15, -0.1) is 0 Å². The van der Waals surface area contributed by atoms with Crippen LogP contribution in [0.15, 0.2) is 41.6 Å². The molecule has 3 aromatic rings. The molecular weight excluding hydrogens is 440 g/mol. The molecule has 0 bridgehead atoms. The van der Waals surface area contributed by atoms with Gasteiger partial charge in [-0.3, -0.25) is 19.1 Å². The van der Waals surface area contributed by atoms with Gasteiger partial charge in [0.2, 0.25) is 5.12 Å². The second-order valence-corrected chi connectivity index (χ2v) is 10.1. The Labute approximate surface area is 194 Å². The Bertz CT molecular complexity index is 1350. The number of imidazole rings is 1. The van der Waals surface area contributed by atoms with Gasteiger partial charge in [0.25, 0.3) is 0 Å².